The minimum atomic E-state index is -1.02. The van der Waals surface area contributed by atoms with E-state index in [0.717, 1.165) is 17.8 Å². The zero-order chi connectivity index (χ0) is 19.6. The smallest absolute Gasteiger partial charge is 0.328 e. The van der Waals surface area contributed by atoms with Gasteiger partial charge in [-0.05, 0) is 26.8 Å². The van der Waals surface area contributed by atoms with Crippen molar-refractivity contribution < 1.29 is 14.7 Å². The first-order chi connectivity index (χ1) is 12.9. The van der Waals surface area contributed by atoms with E-state index in [0.29, 0.717) is 12.2 Å². The van der Waals surface area contributed by atoms with Crippen molar-refractivity contribution in [1.29, 1.82) is 0 Å². The number of carboxylic acid groups (broad SMARTS) is 1. The van der Waals surface area contributed by atoms with E-state index in [9.17, 15) is 9.59 Å². The number of rotatable bonds is 7. The van der Waals surface area contributed by atoms with Gasteiger partial charge in [-0.3, -0.25) is 18.8 Å². The first kappa shape index (κ1) is 18.4. The van der Waals surface area contributed by atoms with Crippen molar-refractivity contribution in [3.63, 3.8) is 0 Å². The lowest BCUT2D eigenvalue weighted by atomic mass is 10.2. The molecule has 0 radical (unpaired) electrons. The summed E-state index contributed by atoms with van der Waals surface area (Å²) < 4.78 is 4.86. The van der Waals surface area contributed by atoms with Crippen LogP contribution in [-0.4, -0.2) is 46.3 Å². The Balaban J connectivity index is 1.66. The van der Waals surface area contributed by atoms with Gasteiger partial charge in [-0.1, -0.05) is 0 Å². The summed E-state index contributed by atoms with van der Waals surface area (Å²) in [5.41, 5.74) is 2.80. The number of aryl methyl sites for hydroxylation is 1. The number of amides is 1. The molecule has 0 bridgehead atoms. The van der Waals surface area contributed by atoms with Crippen LogP contribution in [0.3, 0.4) is 0 Å². The Morgan fingerprint density at radius 1 is 1.30 bits per heavy atom. The first-order valence-corrected chi connectivity index (χ1v) is 8.52. The quantitative estimate of drug-likeness (QED) is 0.650. The van der Waals surface area contributed by atoms with Crippen LogP contribution in [-0.2, 0) is 17.9 Å². The maximum atomic E-state index is 12.3. The molecule has 0 aromatic carbocycles. The van der Waals surface area contributed by atoms with Crippen LogP contribution in [0.2, 0.25) is 0 Å². The van der Waals surface area contributed by atoms with E-state index in [4.69, 9.17) is 5.11 Å². The van der Waals surface area contributed by atoms with Gasteiger partial charge < -0.3 is 10.4 Å². The van der Waals surface area contributed by atoms with E-state index in [1.54, 1.807) is 17.1 Å². The van der Waals surface area contributed by atoms with Crippen molar-refractivity contribution in [3.05, 3.63) is 47.8 Å². The summed E-state index contributed by atoms with van der Waals surface area (Å²) in [5, 5.41) is 24.3. The molecule has 3 heterocycles. The average Bonchev–Trinajstić information content (AvgIpc) is 3.36. The van der Waals surface area contributed by atoms with Gasteiger partial charge in [0.05, 0.1) is 24.6 Å². The molecule has 0 saturated heterocycles. The van der Waals surface area contributed by atoms with Crippen LogP contribution in [0, 0.1) is 6.92 Å². The molecule has 0 spiro atoms. The fourth-order valence-electron chi connectivity index (χ4n) is 2.63. The Hall–Kier alpha value is -3.43. The monoisotopic (exact) mass is 371 g/mol. The fraction of sp³-hybridized carbons (Fsp3) is 0.353. The molecule has 10 heteroatoms. The van der Waals surface area contributed by atoms with Crippen molar-refractivity contribution in [2.24, 2.45) is 0 Å². The zero-order valence-corrected chi connectivity index (χ0v) is 15.3. The standard InChI is InChI=1S/C17H21N7O3/c1-4-23-11(2)13(7-19-23)9-22-10-14(8-18-22)20-16(25)15-5-6-24(21-15)12(3)17(26)27/h5-8,10,12H,4,9H2,1-3H3,(H,20,25)(H,26,27). The molecule has 0 aliphatic carbocycles. The molecule has 0 fully saturated rings. The number of hydrogen-bond donors (Lipinski definition) is 2. The van der Waals surface area contributed by atoms with E-state index in [1.165, 1.54) is 23.9 Å². The number of carbonyl (C=O) groups is 2. The molecule has 27 heavy (non-hydrogen) atoms. The van der Waals surface area contributed by atoms with Crippen molar-refractivity contribution in [2.75, 3.05) is 5.32 Å². The zero-order valence-electron chi connectivity index (χ0n) is 15.3. The number of nitrogens with zero attached hydrogens (tertiary/aromatic N) is 6. The highest BCUT2D eigenvalue weighted by Gasteiger charge is 2.17. The van der Waals surface area contributed by atoms with Crippen LogP contribution >= 0.6 is 0 Å². The Kier molecular flexibility index (Phi) is 5.06. The molecule has 3 aromatic rings. The lowest BCUT2D eigenvalue weighted by Crippen LogP contribution is -2.18. The molecule has 3 aromatic heterocycles. The molecule has 1 amide bonds. The fourth-order valence-corrected chi connectivity index (χ4v) is 2.63. The van der Waals surface area contributed by atoms with Crippen molar-refractivity contribution in [2.45, 2.75) is 39.9 Å². The molecule has 0 aliphatic rings. The molecule has 3 rings (SSSR count). The van der Waals surface area contributed by atoms with Gasteiger partial charge in [0, 0.05) is 30.2 Å². The van der Waals surface area contributed by atoms with Gasteiger partial charge in [-0.2, -0.15) is 15.3 Å². The predicted molar refractivity (Wildman–Crippen MR) is 96.5 cm³/mol. The van der Waals surface area contributed by atoms with E-state index < -0.39 is 17.9 Å². The summed E-state index contributed by atoms with van der Waals surface area (Å²) >= 11 is 0. The number of aromatic nitrogens is 6. The highest BCUT2D eigenvalue weighted by atomic mass is 16.4. The Morgan fingerprint density at radius 2 is 2.07 bits per heavy atom. The van der Waals surface area contributed by atoms with Crippen LogP contribution in [0.1, 0.15) is 41.6 Å². The average molecular weight is 371 g/mol. The van der Waals surface area contributed by atoms with Crippen LogP contribution in [0.4, 0.5) is 5.69 Å². The van der Waals surface area contributed by atoms with Crippen LogP contribution in [0.25, 0.3) is 0 Å². The lowest BCUT2D eigenvalue weighted by molar-refractivity contribution is -0.140. The highest BCUT2D eigenvalue weighted by molar-refractivity contribution is 6.02. The topological polar surface area (TPSA) is 120 Å². The number of aliphatic carboxylic acids is 1. The maximum Gasteiger partial charge on any atom is 0.328 e. The second-order valence-corrected chi connectivity index (χ2v) is 6.15. The van der Waals surface area contributed by atoms with Crippen molar-refractivity contribution in [1.82, 2.24) is 29.3 Å². The summed E-state index contributed by atoms with van der Waals surface area (Å²) in [6.07, 6.45) is 6.55. The van der Waals surface area contributed by atoms with Gasteiger partial charge >= 0.3 is 5.97 Å². The van der Waals surface area contributed by atoms with Crippen molar-refractivity contribution >= 4 is 17.6 Å². The Labute approximate surface area is 155 Å². The van der Waals surface area contributed by atoms with Gasteiger partial charge in [0.1, 0.15) is 6.04 Å². The molecule has 142 valence electrons. The largest absolute Gasteiger partial charge is 0.480 e. The number of hydrogen-bond acceptors (Lipinski definition) is 5. The number of carboxylic acids is 1. The van der Waals surface area contributed by atoms with Gasteiger partial charge in [0.25, 0.3) is 5.91 Å². The maximum absolute atomic E-state index is 12.3. The third kappa shape index (κ3) is 3.89. The normalized spacial score (nSPS) is 12.1. The van der Waals surface area contributed by atoms with Gasteiger partial charge in [0.2, 0.25) is 0 Å². The molecule has 1 unspecified atom stereocenters. The van der Waals surface area contributed by atoms with E-state index in [-0.39, 0.29) is 5.69 Å². The summed E-state index contributed by atoms with van der Waals surface area (Å²) in [5.74, 6) is -1.45. The van der Waals surface area contributed by atoms with Crippen LogP contribution in [0.5, 0.6) is 0 Å². The van der Waals surface area contributed by atoms with E-state index in [1.807, 2.05) is 24.7 Å². The molecule has 1 atom stereocenters. The number of nitrogens with one attached hydrogen (secondary N) is 1. The van der Waals surface area contributed by atoms with Gasteiger partial charge in [-0.15, -0.1) is 0 Å². The van der Waals surface area contributed by atoms with Gasteiger partial charge in [0.15, 0.2) is 5.69 Å². The Morgan fingerprint density at radius 3 is 2.74 bits per heavy atom. The molecule has 0 aliphatic heterocycles. The molecule has 2 N–H and O–H groups in total. The van der Waals surface area contributed by atoms with E-state index in [2.05, 4.69) is 20.6 Å². The first-order valence-electron chi connectivity index (χ1n) is 8.52. The summed E-state index contributed by atoms with van der Waals surface area (Å²) in [6, 6.07) is 0.628. The van der Waals surface area contributed by atoms with E-state index >= 15 is 0 Å². The predicted octanol–water partition coefficient (Wildman–Crippen LogP) is 1.55. The molecular weight excluding hydrogens is 350 g/mol. The van der Waals surface area contributed by atoms with Crippen molar-refractivity contribution in [3.8, 4) is 0 Å². The number of carbonyl (C=O) groups excluding carboxylic acids is 1. The number of anilines is 1. The van der Waals surface area contributed by atoms with Crippen LogP contribution in [0.15, 0.2) is 30.9 Å². The third-order valence-electron chi connectivity index (χ3n) is 4.32. The second-order valence-electron chi connectivity index (χ2n) is 6.15. The molecular formula is C17H21N7O3. The van der Waals surface area contributed by atoms with Crippen LogP contribution < -0.4 is 5.32 Å². The second kappa shape index (κ2) is 7.44. The molecule has 10 nitrogen and oxygen atoms in total. The summed E-state index contributed by atoms with van der Waals surface area (Å²) in [6.45, 7) is 6.88. The van der Waals surface area contributed by atoms with Gasteiger partial charge in [-0.25, -0.2) is 4.79 Å². The minimum Gasteiger partial charge on any atom is -0.480 e. The molecule has 0 saturated carbocycles. The lowest BCUT2D eigenvalue weighted by Gasteiger charge is -2.05. The highest BCUT2D eigenvalue weighted by Crippen LogP contribution is 2.13. The summed E-state index contributed by atoms with van der Waals surface area (Å²) in [7, 11) is 0. The minimum absolute atomic E-state index is 0.135. The third-order valence-corrected chi connectivity index (χ3v) is 4.32. The summed E-state index contributed by atoms with van der Waals surface area (Å²) in [4.78, 5) is 23.3. The Bertz CT molecular complexity index is 969. The SMILES string of the molecule is CCn1ncc(Cn2cc(NC(=O)c3ccn(C(C)C(=O)O)n3)cn2)c1C.